The van der Waals surface area contributed by atoms with Crippen LogP contribution in [-0.2, 0) is 10.5 Å². The van der Waals surface area contributed by atoms with Gasteiger partial charge in [0.1, 0.15) is 5.76 Å². The predicted molar refractivity (Wildman–Crippen MR) is 84.6 cm³/mol. The van der Waals surface area contributed by atoms with Gasteiger partial charge in [-0.15, -0.1) is 11.8 Å². The van der Waals surface area contributed by atoms with E-state index in [1.165, 1.54) is 11.8 Å². The summed E-state index contributed by atoms with van der Waals surface area (Å²) in [7, 11) is 0. The van der Waals surface area contributed by atoms with Gasteiger partial charge < -0.3 is 9.73 Å². The maximum Gasteiger partial charge on any atom is 0.237 e. The first-order valence-electron chi connectivity index (χ1n) is 5.96. The Morgan fingerprint density at radius 3 is 2.90 bits per heavy atom. The highest BCUT2D eigenvalue weighted by Crippen LogP contribution is 2.26. The molecule has 0 bridgehead atoms. The molecule has 1 aromatic carbocycles. The number of anilines is 1. The average Bonchev–Trinajstić information content (AvgIpc) is 2.93. The van der Waals surface area contributed by atoms with E-state index in [1.54, 1.807) is 24.5 Å². The molecule has 2 rings (SSSR count). The highest BCUT2D eigenvalue weighted by atomic mass is 35.5. The number of benzene rings is 1. The fraction of sp³-hybridized carbons (Fsp3) is 0.214. The molecule has 0 spiro atoms. The largest absolute Gasteiger partial charge is 0.468 e. The summed E-state index contributed by atoms with van der Waals surface area (Å²) in [4.78, 5) is 12.1. The van der Waals surface area contributed by atoms with Crippen LogP contribution in [0.2, 0.25) is 10.0 Å². The lowest BCUT2D eigenvalue weighted by Gasteiger charge is -2.12. The topological polar surface area (TPSA) is 42.2 Å². The van der Waals surface area contributed by atoms with Crippen molar-refractivity contribution >= 4 is 46.6 Å². The van der Waals surface area contributed by atoms with Gasteiger partial charge in [-0.25, -0.2) is 0 Å². The third-order valence-electron chi connectivity index (χ3n) is 2.61. The minimum Gasteiger partial charge on any atom is -0.468 e. The number of hydrogen-bond donors (Lipinski definition) is 1. The zero-order chi connectivity index (χ0) is 14.5. The first kappa shape index (κ1) is 15.3. The molecule has 0 saturated carbocycles. The number of rotatable bonds is 5. The van der Waals surface area contributed by atoms with E-state index in [4.69, 9.17) is 27.6 Å². The summed E-state index contributed by atoms with van der Waals surface area (Å²) in [6.45, 7) is 1.83. The highest BCUT2D eigenvalue weighted by molar-refractivity contribution is 7.99. The normalized spacial score (nSPS) is 12.2. The van der Waals surface area contributed by atoms with Crippen LogP contribution in [0.15, 0.2) is 41.0 Å². The number of halogens is 2. The number of carbonyl (C=O) groups excluding carboxylic acids is 1. The molecule has 0 radical (unpaired) electrons. The summed E-state index contributed by atoms with van der Waals surface area (Å²) in [5.41, 5.74) is 0.523. The molecule has 1 amide bonds. The van der Waals surface area contributed by atoms with Crippen molar-refractivity contribution in [2.45, 2.75) is 17.9 Å². The highest BCUT2D eigenvalue weighted by Gasteiger charge is 2.15. The summed E-state index contributed by atoms with van der Waals surface area (Å²) in [6, 6.07) is 8.67. The van der Waals surface area contributed by atoms with Crippen molar-refractivity contribution in [1.82, 2.24) is 0 Å². The molecule has 0 unspecified atom stereocenters. The Bertz CT molecular complexity index is 587. The van der Waals surface area contributed by atoms with Crippen molar-refractivity contribution in [1.29, 1.82) is 0 Å². The first-order valence-corrected chi connectivity index (χ1v) is 7.76. The average molecular weight is 330 g/mol. The molecular weight excluding hydrogens is 317 g/mol. The van der Waals surface area contributed by atoms with Crippen LogP contribution in [0.3, 0.4) is 0 Å². The van der Waals surface area contributed by atoms with Crippen LogP contribution in [-0.4, -0.2) is 11.2 Å². The van der Waals surface area contributed by atoms with E-state index in [0.717, 1.165) is 5.76 Å². The molecule has 106 valence electrons. The summed E-state index contributed by atoms with van der Waals surface area (Å²) < 4.78 is 5.23. The van der Waals surface area contributed by atoms with Gasteiger partial charge in [0.15, 0.2) is 0 Å². The number of furan rings is 1. The Labute approximate surface area is 131 Å². The SMILES string of the molecule is C[C@@H](SCc1ccco1)C(=O)Nc1cc(Cl)ccc1Cl. The van der Waals surface area contributed by atoms with Gasteiger partial charge in [0.25, 0.3) is 0 Å². The fourth-order valence-electron chi connectivity index (χ4n) is 1.51. The van der Waals surface area contributed by atoms with Crippen LogP contribution in [0.4, 0.5) is 5.69 Å². The maximum atomic E-state index is 12.1. The number of hydrogen-bond acceptors (Lipinski definition) is 3. The summed E-state index contributed by atoms with van der Waals surface area (Å²) in [5, 5.41) is 3.54. The van der Waals surface area contributed by atoms with Crippen LogP contribution in [0.5, 0.6) is 0 Å². The number of nitrogens with one attached hydrogen (secondary N) is 1. The second kappa shape index (κ2) is 7.07. The van der Waals surface area contributed by atoms with Crippen LogP contribution >= 0.6 is 35.0 Å². The lowest BCUT2D eigenvalue weighted by atomic mass is 10.3. The standard InChI is InChI=1S/C14H13Cl2NO2S/c1-9(20-8-11-3-2-6-19-11)14(18)17-13-7-10(15)4-5-12(13)16/h2-7,9H,8H2,1H3,(H,17,18)/t9-/m1/s1. The van der Waals surface area contributed by atoms with Crippen molar-refractivity contribution in [3.63, 3.8) is 0 Å². The molecule has 1 atom stereocenters. The van der Waals surface area contributed by atoms with Gasteiger partial charge in [-0.3, -0.25) is 4.79 Å². The summed E-state index contributed by atoms with van der Waals surface area (Å²) in [6.07, 6.45) is 1.62. The molecule has 2 aromatic rings. The summed E-state index contributed by atoms with van der Waals surface area (Å²) in [5.74, 6) is 1.37. The zero-order valence-electron chi connectivity index (χ0n) is 10.7. The molecule has 0 aliphatic heterocycles. The number of amides is 1. The molecule has 1 heterocycles. The van der Waals surface area contributed by atoms with Crippen LogP contribution < -0.4 is 5.32 Å². The molecule has 6 heteroatoms. The van der Waals surface area contributed by atoms with Crippen LogP contribution in [0, 0.1) is 0 Å². The van der Waals surface area contributed by atoms with E-state index in [-0.39, 0.29) is 11.2 Å². The second-order valence-corrected chi connectivity index (χ2v) is 6.32. The van der Waals surface area contributed by atoms with Crippen molar-refractivity contribution in [2.24, 2.45) is 0 Å². The van der Waals surface area contributed by atoms with Gasteiger partial charge >= 0.3 is 0 Å². The third-order valence-corrected chi connectivity index (χ3v) is 4.34. The third kappa shape index (κ3) is 4.20. The molecule has 0 saturated heterocycles. The van der Waals surface area contributed by atoms with Gasteiger partial charge in [-0.05, 0) is 37.3 Å². The molecular formula is C14H13Cl2NO2S. The Morgan fingerprint density at radius 1 is 1.40 bits per heavy atom. The van der Waals surface area contributed by atoms with Gasteiger partial charge in [0.2, 0.25) is 5.91 Å². The summed E-state index contributed by atoms with van der Waals surface area (Å²) >= 11 is 13.4. The zero-order valence-corrected chi connectivity index (χ0v) is 13.1. The predicted octanol–water partition coefficient (Wildman–Crippen LogP) is 4.85. The van der Waals surface area contributed by atoms with Crippen molar-refractivity contribution in [3.05, 3.63) is 52.4 Å². The molecule has 0 aliphatic rings. The van der Waals surface area contributed by atoms with Gasteiger partial charge in [-0.1, -0.05) is 23.2 Å². The van der Waals surface area contributed by atoms with Crippen molar-refractivity contribution in [3.8, 4) is 0 Å². The Hall–Kier alpha value is -1.10. The molecule has 1 aromatic heterocycles. The fourth-order valence-corrected chi connectivity index (χ4v) is 2.63. The van der Waals surface area contributed by atoms with Crippen molar-refractivity contribution in [2.75, 3.05) is 5.32 Å². The van der Waals surface area contributed by atoms with Gasteiger partial charge in [0.05, 0.1) is 28.0 Å². The minimum absolute atomic E-state index is 0.120. The molecule has 0 aliphatic carbocycles. The van der Waals surface area contributed by atoms with E-state index in [2.05, 4.69) is 5.32 Å². The quantitative estimate of drug-likeness (QED) is 0.852. The second-order valence-electron chi connectivity index (χ2n) is 4.15. The molecule has 20 heavy (non-hydrogen) atoms. The van der Waals surface area contributed by atoms with Crippen molar-refractivity contribution < 1.29 is 9.21 Å². The van der Waals surface area contributed by atoms with Gasteiger partial charge in [0, 0.05) is 5.02 Å². The lowest BCUT2D eigenvalue weighted by molar-refractivity contribution is -0.115. The van der Waals surface area contributed by atoms with Crippen LogP contribution in [0.25, 0.3) is 0 Å². The van der Waals surface area contributed by atoms with Gasteiger partial charge in [-0.2, -0.15) is 0 Å². The van der Waals surface area contributed by atoms with Crippen LogP contribution in [0.1, 0.15) is 12.7 Å². The smallest absolute Gasteiger partial charge is 0.237 e. The lowest BCUT2D eigenvalue weighted by Crippen LogP contribution is -2.22. The minimum atomic E-state index is -0.227. The van der Waals surface area contributed by atoms with E-state index < -0.39 is 0 Å². The van der Waals surface area contributed by atoms with E-state index in [9.17, 15) is 4.79 Å². The Balaban J connectivity index is 1.92. The molecule has 3 nitrogen and oxygen atoms in total. The monoisotopic (exact) mass is 329 g/mol. The Kier molecular flexibility index (Phi) is 5.40. The maximum absolute atomic E-state index is 12.1. The van der Waals surface area contributed by atoms with E-state index >= 15 is 0 Å². The molecule has 0 fully saturated rings. The number of carbonyl (C=O) groups is 1. The van der Waals surface area contributed by atoms with E-state index in [1.807, 2.05) is 19.1 Å². The number of thioether (sulfide) groups is 1. The Morgan fingerprint density at radius 2 is 2.20 bits per heavy atom. The van der Waals surface area contributed by atoms with E-state index in [0.29, 0.717) is 21.5 Å². The first-order chi connectivity index (χ1) is 9.56. The molecule has 1 N–H and O–H groups in total.